The summed E-state index contributed by atoms with van der Waals surface area (Å²) in [4.78, 5) is 15.1. The highest BCUT2D eigenvalue weighted by Gasteiger charge is 2.03. The summed E-state index contributed by atoms with van der Waals surface area (Å²) in [6, 6.07) is 16.6. The molecule has 118 valence electrons. The molecule has 0 aliphatic carbocycles. The standard InChI is InChI=1S/C20H22N2O/c1-14-4-3-5-16(10-14)8-9-21-13-18-12-17-11-15(2)6-7-19(17)22-20(18)23/h3-7,10-12,21H,8-9,13H2,1-2H3,(H,22,23). The molecule has 0 saturated heterocycles. The first-order chi connectivity index (χ1) is 11.1. The maximum atomic E-state index is 12.1. The van der Waals surface area contributed by atoms with E-state index in [0.717, 1.165) is 29.4 Å². The van der Waals surface area contributed by atoms with Crippen LogP contribution in [0.15, 0.2) is 53.3 Å². The Morgan fingerprint density at radius 1 is 1.00 bits per heavy atom. The first kappa shape index (κ1) is 15.5. The molecule has 3 nitrogen and oxygen atoms in total. The van der Waals surface area contributed by atoms with Crippen molar-refractivity contribution in [3.05, 3.63) is 81.1 Å². The summed E-state index contributed by atoms with van der Waals surface area (Å²) >= 11 is 0. The van der Waals surface area contributed by atoms with Gasteiger partial charge in [0.25, 0.3) is 5.56 Å². The van der Waals surface area contributed by atoms with E-state index in [0.29, 0.717) is 6.54 Å². The number of H-pyrrole nitrogens is 1. The average Bonchev–Trinajstić information content (AvgIpc) is 2.52. The molecule has 0 spiro atoms. The third-order valence-corrected chi connectivity index (χ3v) is 4.07. The van der Waals surface area contributed by atoms with Crippen molar-refractivity contribution >= 4 is 10.9 Å². The lowest BCUT2D eigenvalue weighted by molar-refractivity contribution is 0.682. The van der Waals surface area contributed by atoms with Gasteiger partial charge in [-0.25, -0.2) is 0 Å². The Morgan fingerprint density at radius 3 is 2.65 bits per heavy atom. The van der Waals surface area contributed by atoms with E-state index in [-0.39, 0.29) is 5.56 Å². The van der Waals surface area contributed by atoms with Crippen molar-refractivity contribution in [2.24, 2.45) is 0 Å². The zero-order valence-electron chi connectivity index (χ0n) is 13.6. The van der Waals surface area contributed by atoms with Gasteiger partial charge in [0, 0.05) is 17.6 Å². The number of rotatable bonds is 5. The Balaban J connectivity index is 1.65. The van der Waals surface area contributed by atoms with Crippen LogP contribution in [0.4, 0.5) is 0 Å². The molecule has 3 aromatic rings. The second-order valence-electron chi connectivity index (χ2n) is 6.13. The van der Waals surface area contributed by atoms with E-state index in [9.17, 15) is 4.79 Å². The molecule has 0 radical (unpaired) electrons. The van der Waals surface area contributed by atoms with Crippen LogP contribution in [-0.2, 0) is 13.0 Å². The lowest BCUT2D eigenvalue weighted by atomic mass is 10.1. The van der Waals surface area contributed by atoms with E-state index < -0.39 is 0 Å². The topological polar surface area (TPSA) is 44.9 Å². The molecule has 0 amide bonds. The fourth-order valence-corrected chi connectivity index (χ4v) is 2.83. The Hall–Kier alpha value is -2.39. The van der Waals surface area contributed by atoms with Crippen molar-refractivity contribution in [2.75, 3.05) is 6.54 Å². The molecule has 23 heavy (non-hydrogen) atoms. The molecule has 3 heteroatoms. The van der Waals surface area contributed by atoms with E-state index >= 15 is 0 Å². The van der Waals surface area contributed by atoms with Crippen LogP contribution in [0.2, 0.25) is 0 Å². The molecule has 0 aliphatic rings. The average molecular weight is 306 g/mol. The van der Waals surface area contributed by atoms with Crippen LogP contribution < -0.4 is 10.9 Å². The molecule has 0 bridgehead atoms. The largest absolute Gasteiger partial charge is 0.322 e. The van der Waals surface area contributed by atoms with Crippen molar-refractivity contribution in [1.82, 2.24) is 10.3 Å². The Labute approximate surface area is 136 Å². The molecule has 0 saturated carbocycles. The number of aromatic nitrogens is 1. The Bertz CT molecular complexity index is 880. The SMILES string of the molecule is Cc1cccc(CCNCc2cc3cc(C)ccc3[nH]c2=O)c1. The normalized spacial score (nSPS) is 11.0. The number of hydrogen-bond acceptors (Lipinski definition) is 2. The molecule has 2 aromatic carbocycles. The van der Waals surface area contributed by atoms with Gasteiger partial charge in [0.15, 0.2) is 0 Å². The van der Waals surface area contributed by atoms with E-state index in [2.05, 4.69) is 54.5 Å². The summed E-state index contributed by atoms with van der Waals surface area (Å²) in [5, 5.41) is 4.45. The number of aryl methyl sites for hydroxylation is 2. The van der Waals surface area contributed by atoms with Gasteiger partial charge >= 0.3 is 0 Å². The van der Waals surface area contributed by atoms with Crippen LogP contribution in [0.25, 0.3) is 10.9 Å². The molecule has 1 heterocycles. The van der Waals surface area contributed by atoms with Gasteiger partial charge in [-0.2, -0.15) is 0 Å². The quantitative estimate of drug-likeness (QED) is 0.709. The van der Waals surface area contributed by atoms with Crippen LogP contribution in [0.5, 0.6) is 0 Å². The predicted octanol–water partition coefficient (Wildman–Crippen LogP) is 3.48. The maximum absolute atomic E-state index is 12.1. The number of fused-ring (bicyclic) bond motifs is 1. The van der Waals surface area contributed by atoms with Crippen molar-refractivity contribution in [1.29, 1.82) is 0 Å². The fourth-order valence-electron chi connectivity index (χ4n) is 2.83. The summed E-state index contributed by atoms with van der Waals surface area (Å²) in [6.07, 6.45) is 0.965. The summed E-state index contributed by atoms with van der Waals surface area (Å²) in [6.45, 7) is 5.61. The molecular formula is C20H22N2O. The van der Waals surface area contributed by atoms with E-state index in [1.54, 1.807) is 0 Å². The van der Waals surface area contributed by atoms with Gasteiger partial charge < -0.3 is 10.3 Å². The van der Waals surface area contributed by atoms with Crippen LogP contribution in [-0.4, -0.2) is 11.5 Å². The zero-order chi connectivity index (χ0) is 16.2. The van der Waals surface area contributed by atoms with Crippen molar-refractivity contribution in [3.63, 3.8) is 0 Å². The minimum absolute atomic E-state index is 0.00981. The summed E-state index contributed by atoms with van der Waals surface area (Å²) in [7, 11) is 0. The molecule has 0 fully saturated rings. The Kier molecular flexibility index (Phi) is 4.58. The van der Waals surface area contributed by atoms with Gasteiger partial charge in [0.1, 0.15) is 0 Å². The fraction of sp³-hybridized carbons (Fsp3) is 0.250. The smallest absolute Gasteiger partial charge is 0.252 e. The lowest BCUT2D eigenvalue weighted by Crippen LogP contribution is -2.22. The summed E-state index contributed by atoms with van der Waals surface area (Å²) in [5.41, 5.74) is 5.47. The minimum Gasteiger partial charge on any atom is -0.322 e. The van der Waals surface area contributed by atoms with E-state index in [1.165, 1.54) is 16.7 Å². The highest BCUT2D eigenvalue weighted by atomic mass is 16.1. The number of aromatic amines is 1. The minimum atomic E-state index is -0.00981. The second kappa shape index (κ2) is 6.80. The van der Waals surface area contributed by atoms with Gasteiger partial charge in [-0.15, -0.1) is 0 Å². The third-order valence-electron chi connectivity index (χ3n) is 4.07. The van der Waals surface area contributed by atoms with Crippen LogP contribution in [0, 0.1) is 13.8 Å². The number of hydrogen-bond donors (Lipinski definition) is 2. The van der Waals surface area contributed by atoms with Gasteiger partial charge in [-0.3, -0.25) is 4.79 Å². The summed E-state index contributed by atoms with van der Waals surface area (Å²) < 4.78 is 0. The van der Waals surface area contributed by atoms with Crippen molar-refractivity contribution in [2.45, 2.75) is 26.8 Å². The molecule has 1 aromatic heterocycles. The second-order valence-corrected chi connectivity index (χ2v) is 6.13. The van der Waals surface area contributed by atoms with E-state index in [4.69, 9.17) is 0 Å². The third kappa shape index (κ3) is 3.88. The Morgan fingerprint density at radius 2 is 1.83 bits per heavy atom. The molecule has 2 N–H and O–H groups in total. The molecule has 3 rings (SSSR count). The maximum Gasteiger partial charge on any atom is 0.252 e. The number of pyridine rings is 1. The molecule has 0 aliphatic heterocycles. The van der Waals surface area contributed by atoms with Gasteiger partial charge in [0.05, 0.1) is 0 Å². The predicted molar refractivity (Wildman–Crippen MR) is 95.9 cm³/mol. The van der Waals surface area contributed by atoms with Gasteiger partial charge in [-0.05, 0) is 56.0 Å². The zero-order valence-corrected chi connectivity index (χ0v) is 13.6. The first-order valence-corrected chi connectivity index (χ1v) is 8.01. The highest BCUT2D eigenvalue weighted by molar-refractivity contribution is 5.79. The molecule has 0 atom stereocenters. The summed E-state index contributed by atoms with van der Waals surface area (Å²) in [5.74, 6) is 0. The highest BCUT2D eigenvalue weighted by Crippen LogP contribution is 2.13. The lowest BCUT2D eigenvalue weighted by Gasteiger charge is -2.07. The molecule has 0 unspecified atom stereocenters. The van der Waals surface area contributed by atoms with Crippen molar-refractivity contribution in [3.8, 4) is 0 Å². The van der Waals surface area contributed by atoms with E-state index in [1.807, 2.05) is 18.2 Å². The molecular weight excluding hydrogens is 284 g/mol. The monoisotopic (exact) mass is 306 g/mol. The van der Waals surface area contributed by atoms with Crippen molar-refractivity contribution < 1.29 is 0 Å². The van der Waals surface area contributed by atoms with Gasteiger partial charge in [-0.1, -0.05) is 41.5 Å². The van der Waals surface area contributed by atoms with Crippen LogP contribution >= 0.6 is 0 Å². The van der Waals surface area contributed by atoms with Gasteiger partial charge in [0.2, 0.25) is 0 Å². The van der Waals surface area contributed by atoms with Crippen LogP contribution in [0.1, 0.15) is 22.3 Å². The first-order valence-electron chi connectivity index (χ1n) is 8.01. The number of nitrogens with one attached hydrogen (secondary N) is 2. The number of benzene rings is 2. The van der Waals surface area contributed by atoms with Crippen LogP contribution in [0.3, 0.4) is 0 Å².